The summed E-state index contributed by atoms with van der Waals surface area (Å²) in [6.07, 6.45) is 3.02. The highest BCUT2D eigenvalue weighted by molar-refractivity contribution is 5.60. The van der Waals surface area contributed by atoms with Crippen LogP contribution in [0.3, 0.4) is 0 Å². The summed E-state index contributed by atoms with van der Waals surface area (Å²) < 4.78 is 5.55. The van der Waals surface area contributed by atoms with Crippen LogP contribution in [0.4, 0.5) is 0 Å². The fourth-order valence-electron chi connectivity index (χ4n) is 4.51. The summed E-state index contributed by atoms with van der Waals surface area (Å²) in [5.74, 6) is -0.109. The van der Waals surface area contributed by atoms with E-state index in [-0.39, 0.29) is 17.2 Å². The Hall–Kier alpha value is -3.27. The van der Waals surface area contributed by atoms with E-state index in [0.29, 0.717) is 12.3 Å². The van der Waals surface area contributed by atoms with E-state index >= 15 is 0 Å². The lowest BCUT2D eigenvalue weighted by Crippen LogP contribution is -2.48. The first-order chi connectivity index (χ1) is 13.6. The lowest BCUT2D eigenvalue weighted by atomic mass is 9.58. The van der Waals surface area contributed by atoms with Crippen LogP contribution >= 0.6 is 0 Å². The molecule has 3 rings (SSSR count). The fraction of sp³-hybridized carbons (Fsp3) is 0.409. The third kappa shape index (κ3) is 2.82. The lowest BCUT2D eigenvalue weighted by molar-refractivity contribution is 0.205. The maximum Gasteiger partial charge on any atom is 0.191 e. The first-order valence-electron chi connectivity index (χ1n) is 9.36. The molecular weight excluding hydrogens is 350 g/mol. The van der Waals surface area contributed by atoms with E-state index in [9.17, 15) is 15.8 Å². The van der Waals surface area contributed by atoms with Crippen LogP contribution in [0.15, 0.2) is 47.2 Å². The number of fused-ring (bicyclic) bond motifs is 1. The Morgan fingerprint density at radius 2 is 1.96 bits per heavy atom. The van der Waals surface area contributed by atoms with E-state index in [0.717, 1.165) is 30.6 Å². The van der Waals surface area contributed by atoms with Gasteiger partial charge in [-0.2, -0.15) is 15.8 Å². The van der Waals surface area contributed by atoms with Crippen molar-refractivity contribution < 1.29 is 4.74 Å². The zero-order chi connectivity index (χ0) is 20.3. The number of benzene rings is 1. The Labute approximate surface area is 165 Å². The molecule has 0 fully saturated rings. The monoisotopic (exact) mass is 373 g/mol. The van der Waals surface area contributed by atoms with Crippen LogP contribution in [0.5, 0.6) is 5.75 Å². The summed E-state index contributed by atoms with van der Waals surface area (Å²) in [5.41, 5.74) is 6.62. The van der Waals surface area contributed by atoms with Gasteiger partial charge in [-0.3, -0.25) is 4.90 Å². The van der Waals surface area contributed by atoms with E-state index < -0.39 is 11.3 Å². The molecule has 0 unspecified atom stereocenters. The topological polar surface area (TPSA) is 110 Å². The first-order valence-corrected chi connectivity index (χ1v) is 9.36. The van der Waals surface area contributed by atoms with Gasteiger partial charge >= 0.3 is 0 Å². The van der Waals surface area contributed by atoms with Crippen LogP contribution in [-0.4, -0.2) is 31.6 Å². The number of methoxy groups -OCH3 is 1. The van der Waals surface area contributed by atoms with Gasteiger partial charge in [0, 0.05) is 30.5 Å². The first kappa shape index (κ1) is 19.5. The summed E-state index contributed by atoms with van der Waals surface area (Å²) >= 11 is 0. The Kier molecular flexibility index (Phi) is 5.41. The number of para-hydroxylation sites is 1. The van der Waals surface area contributed by atoms with Crippen molar-refractivity contribution in [3.05, 3.63) is 52.7 Å². The number of nitrogens with zero attached hydrogens (tertiary/aromatic N) is 4. The molecule has 1 aromatic carbocycles. The second-order valence-corrected chi connectivity index (χ2v) is 7.18. The molecule has 0 spiro atoms. The van der Waals surface area contributed by atoms with E-state index in [2.05, 4.69) is 30.0 Å². The molecule has 0 amide bonds. The van der Waals surface area contributed by atoms with E-state index in [1.165, 1.54) is 0 Å². The molecule has 1 aromatic rings. The van der Waals surface area contributed by atoms with Crippen LogP contribution in [0.2, 0.25) is 0 Å². The SMILES string of the molecule is CCCN1CC=C2C(C#N)=C(N)C(C#N)(C#N)[C@H](c3ccccc3OC)[C@@H]2C1. The minimum absolute atomic E-state index is 0.0438. The van der Waals surface area contributed by atoms with E-state index in [1.807, 2.05) is 30.3 Å². The normalized spacial score (nSPS) is 23.6. The third-order valence-corrected chi connectivity index (χ3v) is 5.75. The van der Waals surface area contributed by atoms with E-state index in [1.54, 1.807) is 7.11 Å². The van der Waals surface area contributed by atoms with Crippen molar-refractivity contribution in [2.75, 3.05) is 26.7 Å². The maximum atomic E-state index is 10.1. The van der Waals surface area contributed by atoms with Gasteiger partial charge in [0.1, 0.15) is 11.8 Å². The van der Waals surface area contributed by atoms with Crippen LogP contribution in [0, 0.1) is 45.3 Å². The zero-order valence-corrected chi connectivity index (χ0v) is 16.1. The molecule has 2 aliphatic rings. The van der Waals surface area contributed by atoms with E-state index in [4.69, 9.17) is 10.5 Å². The number of hydrogen-bond acceptors (Lipinski definition) is 6. The Bertz CT molecular complexity index is 942. The summed E-state index contributed by atoms with van der Waals surface area (Å²) in [7, 11) is 1.57. The van der Waals surface area contributed by atoms with Crippen molar-refractivity contribution in [3.8, 4) is 24.0 Å². The fourth-order valence-corrected chi connectivity index (χ4v) is 4.51. The van der Waals surface area contributed by atoms with Crippen molar-refractivity contribution in [3.63, 3.8) is 0 Å². The number of hydrogen-bond donors (Lipinski definition) is 1. The zero-order valence-electron chi connectivity index (χ0n) is 16.1. The highest BCUT2D eigenvalue weighted by Crippen LogP contribution is 2.55. The number of ether oxygens (including phenoxy) is 1. The average molecular weight is 373 g/mol. The predicted molar refractivity (Wildman–Crippen MR) is 105 cm³/mol. The largest absolute Gasteiger partial charge is 0.496 e. The summed E-state index contributed by atoms with van der Waals surface area (Å²) in [5, 5.41) is 30.0. The van der Waals surface area contributed by atoms with Crippen molar-refractivity contribution in [1.29, 1.82) is 15.8 Å². The number of allylic oxidation sites excluding steroid dienone is 2. The van der Waals surface area contributed by atoms with Crippen molar-refractivity contribution in [1.82, 2.24) is 4.90 Å². The molecule has 0 radical (unpaired) electrons. The van der Waals surface area contributed by atoms with Crippen LogP contribution in [-0.2, 0) is 0 Å². The van der Waals surface area contributed by atoms with Crippen LogP contribution in [0.25, 0.3) is 0 Å². The van der Waals surface area contributed by atoms with Crippen LogP contribution < -0.4 is 10.5 Å². The molecule has 1 aliphatic carbocycles. The second-order valence-electron chi connectivity index (χ2n) is 7.18. The van der Waals surface area contributed by atoms with Gasteiger partial charge in [-0.1, -0.05) is 31.2 Å². The highest BCUT2D eigenvalue weighted by Gasteiger charge is 2.55. The Morgan fingerprint density at radius 1 is 1.25 bits per heavy atom. The van der Waals surface area contributed by atoms with Gasteiger partial charge in [-0.15, -0.1) is 0 Å². The minimum atomic E-state index is -1.63. The maximum absolute atomic E-state index is 10.1. The molecule has 0 aromatic heterocycles. The molecule has 1 heterocycles. The van der Waals surface area contributed by atoms with Gasteiger partial charge in [-0.05, 0) is 24.6 Å². The average Bonchev–Trinajstić information content (AvgIpc) is 2.73. The van der Waals surface area contributed by atoms with Crippen LogP contribution in [0.1, 0.15) is 24.8 Å². The molecule has 28 heavy (non-hydrogen) atoms. The molecule has 2 N–H and O–H groups in total. The second kappa shape index (κ2) is 7.77. The van der Waals surface area contributed by atoms with Crippen molar-refractivity contribution in [2.24, 2.45) is 17.1 Å². The molecular formula is C22H23N5O. The molecule has 6 heteroatoms. The van der Waals surface area contributed by atoms with Gasteiger partial charge in [0.15, 0.2) is 5.41 Å². The van der Waals surface area contributed by atoms with Gasteiger partial charge in [0.25, 0.3) is 0 Å². The molecule has 1 aliphatic heterocycles. The van der Waals surface area contributed by atoms with Crippen molar-refractivity contribution in [2.45, 2.75) is 19.3 Å². The summed E-state index contributed by atoms with van der Waals surface area (Å²) in [6, 6.07) is 13.9. The van der Waals surface area contributed by atoms with Gasteiger partial charge < -0.3 is 10.5 Å². The predicted octanol–water partition coefficient (Wildman–Crippen LogP) is 2.83. The Morgan fingerprint density at radius 3 is 2.57 bits per heavy atom. The highest BCUT2D eigenvalue weighted by atomic mass is 16.5. The third-order valence-electron chi connectivity index (χ3n) is 5.75. The molecule has 0 saturated carbocycles. The number of rotatable bonds is 4. The molecule has 0 saturated heterocycles. The van der Waals surface area contributed by atoms with Gasteiger partial charge in [0.2, 0.25) is 0 Å². The van der Waals surface area contributed by atoms with Gasteiger partial charge in [0.05, 0.1) is 30.5 Å². The molecule has 6 nitrogen and oxygen atoms in total. The molecule has 0 bridgehead atoms. The quantitative estimate of drug-likeness (QED) is 0.869. The lowest BCUT2D eigenvalue weighted by Gasteiger charge is -2.45. The summed E-state index contributed by atoms with van der Waals surface area (Å²) in [4.78, 5) is 2.28. The van der Waals surface area contributed by atoms with Crippen molar-refractivity contribution >= 4 is 0 Å². The molecule has 142 valence electrons. The molecule has 2 atom stereocenters. The smallest absolute Gasteiger partial charge is 0.191 e. The summed E-state index contributed by atoms with van der Waals surface area (Å²) in [6.45, 7) is 4.41. The number of nitriles is 3. The van der Waals surface area contributed by atoms with Gasteiger partial charge in [-0.25, -0.2) is 0 Å². The standard InChI is InChI=1S/C22H23N5O/c1-3-9-27-10-8-15-17(11-23)21(26)22(13-24,14-25)20(18(15)12-27)16-6-4-5-7-19(16)28-2/h4-8,18,20H,3,9-10,12,26H2,1-2H3/t18-,20-/m1/s1. The number of nitrogens with two attached hydrogens (primary N) is 1. The minimum Gasteiger partial charge on any atom is -0.496 e. The Balaban J connectivity index is 2.31.